The van der Waals surface area contributed by atoms with Gasteiger partial charge in [-0.25, -0.2) is 0 Å². The number of benzene rings is 4. The van der Waals surface area contributed by atoms with Gasteiger partial charge < -0.3 is 18.9 Å². The monoisotopic (exact) mass is 744 g/mol. The molecule has 0 aliphatic carbocycles. The summed E-state index contributed by atoms with van der Waals surface area (Å²) in [6.07, 6.45) is 0. The maximum atomic E-state index is 5.00. The van der Waals surface area contributed by atoms with E-state index in [0.717, 1.165) is 40.9 Å². The number of rotatable bonds is 4. The molecule has 0 saturated heterocycles. The maximum Gasteiger partial charge on any atom is 0.133 e. The van der Waals surface area contributed by atoms with Gasteiger partial charge in [0.05, 0.1) is 46.3 Å². The Morgan fingerprint density at radius 2 is 0.500 bits per heavy atom. The second-order valence-corrected chi connectivity index (χ2v) is 9.96. The summed E-state index contributed by atoms with van der Waals surface area (Å²) in [6, 6.07) is 30.9. The number of halogens is 4. The van der Waals surface area contributed by atoms with Gasteiger partial charge in [-0.3, -0.25) is 0 Å². The van der Waals surface area contributed by atoms with E-state index in [2.05, 4.69) is 63.7 Å². The molecular weight excluding hydrogens is 720 g/mol. The Balaban J connectivity index is 0.000000240. The summed E-state index contributed by atoms with van der Waals surface area (Å²) in [5.74, 6) is 3.49. The van der Waals surface area contributed by atoms with Crippen LogP contribution in [0.1, 0.15) is 0 Å². The van der Waals surface area contributed by atoms with E-state index in [4.69, 9.17) is 18.9 Å². The number of hydrogen-bond acceptors (Lipinski definition) is 4. The third-order valence-electron chi connectivity index (χ3n) is 4.23. The van der Waals surface area contributed by atoms with Crippen LogP contribution in [0, 0.1) is 0 Å². The Morgan fingerprint density at radius 3 is 0.611 bits per heavy atom. The summed E-state index contributed by atoms with van der Waals surface area (Å²) >= 11 is 13.3. The van der Waals surface area contributed by atoms with Gasteiger partial charge in [-0.15, -0.1) is 0 Å². The minimum atomic E-state index is 0.873. The summed E-state index contributed by atoms with van der Waals surface area (Å²) in [4.78, 5) is 0. The fourth-order valence-electron chi connectivity index (χ4n) is 2.44. The molecule has 192 valence electrons. The Labute approximate surface area is 247 Å². The molecule has 8 heteroatoms. The highest BCUT2D eigenvalue weighted by Gasteiger charge is 1.95. The van der Waals surface area contributed by atoms with Crippen LogP contribution < -0.4 is 18.9 Å². The molecule has 0 fully saturated rings. The van der Waals surface area contributed by atoms with E-state index in [-0.39, 0.29) is 0 Å². The van der Waals surface area contributed by atoms with Crippen LogP contribution in [0.5, 0.6) is 23.0 Å². The Hall–Kier alpha value is -2.00. The molecule has 0 spiro atoms. The Morgan fingerprint density at radius 1 is 0.333 bits per heavy atom. The fraction of sp³-hybridized carbons (Fsp3) is 0.143. The Bertz CT molecular complexity index is 973. The summed E-state index contributed by atoms with van der Waals surface area (Å²) in [6.45, 7) is 0. The average molecular weight is 748 g/mol. The van der Waals surface area contributed by atoms with Crippen molar-refractivity contribution in [2.45, 2.75) is 0 Å². The van der Waals surface area contributed by atoms with Gasteiger partial charge >= 0.3 is 0 Å². The second kappa shape index (κ2) is 19.2. The van der Waals surface area contributed by atoms with Crippen LogP contribution in [0.3, 0.4) is 0 Å². The van der Waals surface area contributed by atoms with Crippen LogP contribution in [0.25, 0.3) is 0 Å². The van der Waals surface area contributed by atoms with Gasteiger partial charge in [0.25, 0.3) is 0 Å². The zero-order chi connectivity index (χ0) is 26.8. The lowest BCUT2D eigenvalue weighted by Gasteiger charge is -1.99. The van der Waals surface area contributed by atoms with Gasteiger partial charge in [-0.2, -0.15) is 0 Å². The molecule has 4 aromatic carbocycles. The van der Waals surface area contributed by atoms with Crippen molar-refractivity contribution in [2.75, 3.05) is 28.4 Å². The van der Waals surface area contributed by atoms with Crippen molar-refractivity contribution < 1.29 is 18.9 Å². The molecule has 0 radical (unpaired) electrons. The molecule has 36 heavy (non-hydrogen) atoms. The molecule has 0 bridgehead atoms. The lowest BCUT2D eigenvalue weighted by Crippen LogP contribution is -1.81. The van der Waals surface area contributed by atoms with E-state index in [1.165, 1.54) is 0 Å². The highest BCUT2D eigenvalue weighted by atomic mass is 79.9. The van der Waals surface area contributed by atoms with Crippen molar-refractivity contribution in [3.8, 4) is 23.0 Å². The first-order valence-corrected chi connectivity index (χ1v) is 13.7. The average Bonchev–Trinajstić information content (AvgIpc) is 2.91. The van der Waals surface area contributed by atoms with Gasteiger partial charge in [0.15, 0.2) is 0 Å². The lowest BCUT2D eigenvalue weighted by molar-refractivity contribution is 0.412. The van der Waals surface area contributed by atoms with Gasteiger partial charge in [-0.05, 0) is 112 Å². The smallest absolute Gasteiger partial charge is 0.133 e. The molecule has 4 rings (SSSR count). The molecular formula is C28H28Br4O4. The van der Waals surface area contributed by atoms with Crippen molar-refractivity contribution >= 4 is 63.7 Å². The molecule has 4 aromatic rings. The van der Waals surface area contributed by atoms with Crippen molar-refractivity contribution in [1.82, 2.24) is 0 Å². The largest absolute Gasteiger partial charge is 0.496 e. The van der Waals surface area contributed by atoms with E-state index in [0.29, 0.717) is 0 Å². The number of para-hydroxylation sites is 4. The first kappa shape index (κ1) is 32.0. The Kier molecular flexibility index (Phi) is 17.0. The van der Waals surface area contributed by atoms with Gasteiger partial charge in [0.2, 0.25) is 0 Å². The summed E-state index contributed by atoms with van der Waals surface area (Å²) in [7, 11) is 6.61. The molecule has 0 amide bonds. The SMILES string of the molecule is COc1ccccc1Br.COc1ccccc1Br.COc1ccccc1Br.COc1ccccc1Br. The minimum absolute atomic E-state index is 0.873. The third-order valence-corrected chi connectivity index (χ3v) is 6.85. The van der Waals surface area contributed by atoms with Crippen LogP contribution in [0.15, 0.2) is 115 Å². The van der Waals surface area contributed by atoms with Crippen LogP contribution >= 0.6 is 63.7 Å². The van der Waals surface area contributed by atoms with E-state index >= 15 is 0 Å². The first-order valence-electron chi connectivity index (χ1n) is 10.5. The van der Waals surface area contributed by atoms with E-state index < -0.39 is 0 Å². The summed E-state index contributed by atoms with van der Waals surface area (Å²) in [5, 5.41) is 0. The van der Waals surface area contributed by atoms with Crippen LogP contribution in [0.4, 0.5) is 0 Å². The zero-order valence-electron chi connectivity index (χ0n) is 20.4. The van der Waals surface area contributed by atoms with Crippen molar-refractivity contribution in [2.24, 2.45) is 0 Å². The van der Waals surface area contributed by atoms with E-state index in [1.54, 1.807) is 28.4 Å². The van der Waals surface area contributed by atoms with Gasteiger partial charge in [0.1, 0.15) is 23.0 Å². The number of methoxy groups -OCH3 is 4. The predicted molar refractivity (Wildman–Crippen MR) is 163 cm³/mol. The molecule has 0 aliphatic heterocycles. The molecule has 0 heterocycles. The lowest BCUT2D eigenvalue weighted by atomic mass is 10.3. The normalized spacial score (nSPS) is 9.11. The standard InChI is InChI=1S/4C7H7BrO/c4*1-9-7-5-3-2-4-6(7)8/h4*2-5H,1H3. The van der Waals surface area contributed by atoms with Crippen LogP contribution in [-0.2, 0) is 0 Å². The minimum Gasteiger partial charge on any atom is -0.496 e. The predicted octanol–water partition coefficient (Wildman–Crippen LogP) is 9.83. The molecule has 0 aromatic heterocycles. The number of hydrogen-bond donors (Lipinski definition) is 0. The molecule has 0 saturated carbocycles. The third kappa shape index (κ3) is 12.3. The summed E-state index contributed by atoms with van der Waals surface area (Å²) in [5.41, 5.74) is 0. The highest BCUT2D eigenvalue weighted by Crippen LogP contribution is 2.24. The quantitative estimate of drug-likeness (QED) is 0.208. The van der Waals surface area contributed by atoms with Crippen LogP contribution in [0.2, 0.25) is 0 Å². The number of ether oxygens (including phenoxy) is 4. The fourth-order valence-corrected chi connectivity index (χ4v) is 4.23. The molecule has 0 N–H and O–H groups in total. The van der Waals surface area contributed by atoms with Crippen molar-refractivity contribution in [1.29, 1.82) is 0 Å². The van der Waals surface area contributed by atoms with Crippen molar-refractivity contribution in [3.63, 3.8) is 0 Å². The van der Waals surface area contributed by atoms with Gasteiger partial charge in [0, 0.05) is 0 Å². The highest BCUT2D eigenvalue weighted by molar-refractivity contribution is 9.11. The van der Waals surface area contributed by atoms with Gasteiger partial charge in [-0.1, -0.05) is 48.5 Å². The molecule has 0 atom stereocenters. The molecule has 0 aliphatic rings. The van der Waals surface area contributed by atoms with Crippen molar-refractivity contribution in [3.05, 3.63) is 115 Å². The zero-order valence-corrected chi connectivity index (χ0v) is 26.7. The molecule has 4 nitrogen and oxygen atoms in total. The molecule has 0 unspecified atom stereocenters. The van der Waals surface area contributed by atoms with E-state index in [1.807, 2.05) is 97.1 Å². The first-order chi connectivity index (χ1) is 17.4. The van der Waals surface area contributed by atoms with E-state index in [9.17, 15) is 0 Å². The van der Waals surface area contributed by atoms with Crippen LogP contribution in [-0.4, -0.2) is 28.4 Å². The summed E-state index contributed by atoms with van der Waals surface area (Å²) < 4.78 is 24.0. The maximum absolute atomic E-state index is 5.00. The topological polar surface area (TPSA) is 36.9 Å². The second-order valence-electron chi connectivity index (χ2n) is 6.54.